The molecule has 5 nitrogen and oxygen atoms in total. The molecule has 0 unspecified atom stereocenters. The summed E-state index contributed by atoms with van der Waals surface area (Å²) in [4.78, 5) is 28.4. The topological polar surface area (TPSA) is 71.2 Å². The SMILES string of the molecule is COc1ccc2[nH]c(=O)c(CNC(=O)C34CC5CC(CC(C5)C3)C4)cc2c1. The van der Waals surface area contributed by atoms with Gasteiger partial charge in [-0.15, -0.1) is 0 Å². The lowest BCUT2D eigenvalue weighted by Gasteiger charge is -2.55. The van der Waals surface area contributed by atoms with Crippen molar-refractivity contribution in [2.75, 3.05) is 7.11 Å². The average Bonchev–Trinajstić information content (AvgIpc) is 2.64. The van der Waals surface area contributed by atoms with Crippen LogP contribution in [0.3, 0.4) is 0 Å². The molecule has 0 atom stereocenters. The molecule has 4 bridgehead atoms. The third kappa shape index (κ3) is 2.84. The van der Waals surface area contributed by atoms with E-state index in [0.717, 1.165) is 53.7 Å². The van der Waals surface area contributed by atoms with E-state index in [1.54, 1.807) is 7.11 Å². The first-order valence-electron chi connectivity index (χ1n) is 10.0. The second kappa shape index (κ2) is 6.11. The molecule has 1 aromatic carbocycles. The molecule has 27 heavy (non-hydrogen) atoms. The predicted octanol–water partition coefficient (Wildman–Crippen LogP) is 3.37. The number of H-pyrrole nitrogens is 1. The van der Waals surface area contributed by atoms with E-state index in [1.165, 1.54) is 19.3 Å². The molecule has 4 aliphatic carbocycles. The Morgan fingerprint density at radius 2 is 1.81 bits per heavy atom. The fraction of sp³-hybridized carbons (Fsp3) is 0.545. The van der Waals surface area contributed by atoms with Gasteiger partial charge in [0, 0.05) is 28.4 Å². The van der Waals surface area contributed by atoms with Gasteiger partial charge in [-0.25, -0.2) is 0 Å². The molecule has 1 aromatic heterocycles. The number of carbonyl (C=O) groups excluding carboxylic acids is 1. The number of benzene rings is 1. The molecule has 4 aliphatic rings. The molecular formula is C22H26N2O3. The van der Waals surface area contributed by atoms with Crippen LogP contribution < -0.4 is 15.6 Å². The van der Waals surface area contributed by atoms with Crippen LogP contribution >= 0.6 is 0 Å². The molecule has 1 amide bonds. The van der Waals surface area contributed by atoms with Gasteiger partial charge < -0.3 is 15.0 Å². The lowest BCUT2D eigenvalue weighted by molar-refractivity contribution is -0.146. The maximum absolute atomic E-state index is 13.1. The molecule has 4 fully saturated rings. The Balaban J connectivity index is 1.36. The lowest BCUT2D eigenvalue weighted by Crippen LogP contribution is -2.53. The third-order valence-corrected chi connectivity index (χ3v) is 7.09. The molecule has 0 spiro atoms. The van der Waals surface area contributed by atoms with Crippen LogP contribution in [0.2, 0.25) is 0 Å². The second-order valence-electron chi connectivity index (χ2n) is 8.96. The number of hydrogen-bond acceptors (Lipinski definition) is 3. The summed E-state index contributed by atoms with van der Waals surface area (Å²) in [6, 6.07) is 7.42. The van der Waals surface area contributed by atoms with Gasteiger partial charge in [0.05, 0.1) is 7.11 Å². The van der Waals surface area contributed by atoms with Crippen molar-refractivity contribution >= 4 is 16.8 Å². The Bertz CT molecular complexity index is 926. The van der Waals surface area contributed by atoms with Crippen LogP contribution in [0.15, 0.2) is 29.1 Å². The summed E-state index contributed by atoms with van der Waals surface area (Å²) in [6.45, 7) is 0.281. The van der Waals surface area contributed by atoms with E-state index >= 15 is 0 Å². The monoisotopic (exact) mass is 366 g/mol. The van der Waals surface area contributed by atoms with Crippen LogP contribution in [0.25, 0.3) is 10.9 Å². The van der Waals surface area contributed by atoms with Crippen molar-refractivity contribution in [3.63, 3.8) is 0 Å². The molecule has 5 heteroatoms. The van der Waals surface area contributed by atoms with Crippen molar-refractivity contribution in [2.24, 2.45) is 23.2 Å². The third-order valence-electron chi connectivity index (χ3n) is 7.09. The molecular weight excluding hydrogens is 340 g/mol. The summed E-state index contributed by atoms with van der Waals surface area (Å²) in [7, 11) is 1.62. The van der Waals surface area contributed by atoms with Gasteiger partial charge >= 0.3 is 0 Å². The van der Waals surface area contributed by atoms with Crippen LogP contribution in [0.1, 0.15) is 44.1 Å². The van der Waals surface area contributed by atoms with Gasteiger partial charge in [-0.2, -0.15) is 0 Å². The standard InChI is InChI=1S/C22H26N2O3/c1-27-18-2-3-19-16(8-18)7-17(20(25)24-19)12-23-21(26)22-9-13-4-14(10-22)6-15(5-13)11-22/h2-3,7-8,13-15H,4-6,9-12H2,1H3,(H,23,26)(H,24,25). The largest absolute Gasteiger partial charge is 0.497 e. The zero-order valence-corrected chi connectivity index (χ0v) is 15.7. The van der Waals surface area contributed by atoms with Gasteiger partial charge in [0.25, 0.3) is 5.56 Å². The molecule has 0 saturated heterocycles. The van der Waals surface area contributed by atoms with Crippen molar-refractivity contribution in [2.45, 2.75) is 45.1 Å². The smallest absolute Gasteiger partial charge is 0.253 e. The van der Waals surface area contributed by atoms with Gasteiger partial charge in [-0.3, -0.25) is 9.59 Å². The maximum Gasteiger partial charge on any atom is 0.253 e. The highest BCUT2D eigenvalue weighted by Crippen LogP contribution is 2.60. The van der Waals surface area contributed by atoms with E-state index in [-0.39, 0.29) is 23.4 Å². The van der Waals surface area contributed by atoms with Gasteiger partial charge in [0.1, 0.15) is 5.75 Å². The normalized spacial score (nSPS) is 31.2. The Kier molecular flexibility index (Phi) is 3.81. The van der Waals surface area contributed by atoms with Gasteiger partial charge in [0.2, 0.25) is 5.91 Å². The minimum Gasteiger partial charge on any atom is -0.497 e. The number of amides is 1. The van der Waals surface area contributed by atoms with Crippen molar-refractivity contribution in [1.29, 1.82) is 0 Å². The van der Waals surface area contributed by atoms with E-state index in [1.807, 2.05) is 24.3 Å². The quantitative estimate of drug-likeness (QED) is 0.871. The van der Waals surface area contributed by atoms with E-state index in [9.17, 15) is 9.59 Å². The summed E-state index contributed by atoms with van der Waals surface area (Å²) in [5.41, 5.74) is 1.05. The van der Waals surface area contributed by atoms with E-state index in [2.05, 4.69) is 10.3 Å². The molecule has 6 rings (SSSR count). The van der Waals surface area contributed by atoms with Crippen LogP contribution in [-0.4, -0.2) is 18.0 Å². The first-order chi connectivity index (χ1) is 13.0. The van der Waals surface area contributed by atoms with E-state index < -0.39 is 0 Å². The number of nitrogens with one attached hydrogen (secondary N) is 2. The highest BCUT2D eigenvalue weighted by atomic mass is 16.5. The van der Waals surface area contributed by atoms with Crippen molar-refractivity contribution in [3.8, 4) is 5.75 Å². The summed E-state index contributed by atoms with van der Waals surface area (Å²) in [6.07, 6.45) is 7.07. The average molecular weight is 366 g/mol. The van der Waals surface area contributed by atoms with E-state index in [4.69, 9.17) is 4.74 Å². The van der Waals surface area contributed by atoms with Crippen molar-refractivity contribution in [3.05, 3.63) is 40.2 Å². The Morgan fingerprint density at radius 3 is 2.44 bits per heavy atom. The first kappa shape index (κ1) is 16.8. The van der Waals surface area contributed by atoms with Gasteiger partial charge in [0.15, 0.2) is 0 Å². The number of pyridine rings is 1. The van der Waals surface area contributed by atoms with Crippen molar-refractivity contribution < 1.29 is 9.53 Å². The number of aromatic nitrogens is 1. The molecule has 0 aliphatic heterocycles. The van der Waals surface area contributed by atoms with Crippen molar-refractivity contribution in [1.82, 2.24) is 10.3 Å². The number of hydrogen-bond donors (Lipinski definition) is 2. The first-order valence-corrected chi connectivity index (χ1v) is 10.0. The Morgan fingerprint density at radius 1 is 1.15 bits per heavy atom. The second-order valence-corrected chi connectivity index (χ2v) is 8.96. The number of ether oxygens (including phenoxy) is 1. The molecule has 4 saturated carbocycles. The predicted molar refractivity (Wildman–Crippen MR) is 104 cm³/mol. The number of fused-ring (bicyclic) bond motifs is 1. The van der Waals surface area contributed by atoms with E-state index in [0.29, 0.717) is 5.56 Å². The minimum atomic E-state index is -0.179. The molecule has 1 heterocycles. The lowest BCUT2D eigenvalue weighted by atomic mass is 9.49. The van der Waals surface area contributed by atoms with Gasteiger partial charge in [-0.05, 0) is 80.5 Å². The highest BCUT2D eigenvalue weighted by Gasteiger charge is 2.54. The highest BCUT2D eigenvalue weighted by molar-refractivity contribution is 5.84. The summed E-state index contributed by atoms with van der Waals surface area (Å²) in [5.74, 6) is 3.11. The Labute approximate surface area is 158 Å². The Hall–Kier alpha value is -2.30. The number of rotatable bonds is 4. The molecule has 0 radical (unpaired) electrons. The summed E-state index contributed by atoms with van der Waals surface area (Å²) < 4.78 is 5.27. The molecule has 2 aromatic rings. The fourth-order valence-corrected chi connectivity index (χ4v) is 6.24. The molecule has 142 valence electrons. The van der Waals surface area contributed by atoms with Crippen LogP contribution in [0, 0.1) is 23.2 Å². The zero-order chi connectivity index (χ0) is 18.6. The minimum absolute atomic E-state index is 0.140. The van der Waals surface area contributed by atoms with Crippen LogP contribution in [0.5, 0.6) is 5.75 Å². The van der Waals surface area contributed by atoms with Gasteiger partial charge in [-0.1, -0.05) is 0 Å². The fourth-order valence-electron chi connectivity index (χ4n) is 6.24. The summed E-state index contributed by atoms with van der Waals surface area (Å²) >= 11 is 0. The number of methoxy groups -OCH3 is 1. The number of aromatic amines is 1. The molecule has 2 N–H and O–H groups in total. The van der Waals surface area contributed by atoms with Crippen LogP contribution in [-0.2, 0) is 11.3 Å². The maximum atomic E-state index is 13.1. The summed E-state index contributed by atoms with van der Waals surface area (Å²) in [5, 5.41) is 4.01. The number of carbonyl (C=O) groups is 1. The van der Waals surface area contributed by atoms with Crippen LogP contribution in [0.4, 0.5) is 0 Å². The zero-order valence-electron chi connectivity index (χ0n) is 15.7.